The molecule has 1 aliphatic heterocycles. The summed E-state index contributed by atoms with van der Waals surface area (Å²) < 4.78 is 0. The first kappa shape index (κ1) is 15.8. The summed E-state index contributed by atoms with van der Waals surface area (Å²) in [7, 11) is 0. The van der Waals surface area contributed by atoms with Crippen LogP contribution < -0.4 is 5.32 Å². The number of halogens is 1. The Morgan fingerprint density at radius 3 is 2.60 bits per heavy atom. The predicted octanol–water partition coefficient (Wildman–Crippen LogP) is 3.59. The molecule has 0 aromatic heterocycles. The van der Waals surface area contributed by atoms with Gasteiger partial charge in [0.25, 0.3) is 0 Å². The molecule has 0 amide bonds. The number of nitrogens with one attached hydrogen (secondary N) is 1. The van der Waals surface area contributed by atoms with E-state index in [0.29, 0.717) is 11.5 Å². The largest absolute Gasteiger partial charge is 0.312 e. The molecule has 0 spiro atoms. The predicted molar refractivity (Wildman–Crippen MR) is 87.5 cm³/mol. The van der Waals surface area contributed by atoms with Crippen LogP contribution in [0.1, 0.15) is 32.8 Å². The minimum Gasteiger partial charge on any atom is -0.312 e. The molecule has 0 aliphatic carbocycles. The van der Waals surface area contributed by atoms with Crippen LogP contribution >= 0.6 is 11.6 Å². The summed E-state index contributed by atoms with van der Waals surface area (Å²) in [5.41, 5.74) is 1.70. The SMILES string of the molecule is CC(C)(C)C1CN(CCc2ccc(Cl)cc2)CCCN1. The normalized spacial score (nSPS) is 21.7. The van der Waals surface area contributed by atoms with Crippen LogP contribution in [0.4, 0.5) is 0 Å². The zero-order valence-corrected chi connectivity index (χ0v) is 13.7. The van der Waals surface area contributed by atoms with Gasteiger partial charge in [0.05, 0.1) is 0 Å². The second kappa shape index (κ2) is 6.93. The van der Waals surface area contributed by atoms with E-state index < -0.39 is 0 Å². The van der Waals surface area contributed by atoms with Crippen LogP contribution in [0.3, 0.4) is 0 Å². The number of hydrogen-bond acceptors (Lipinski definition) is 2. The van der Waals surface area contributed by atoms with E-state index in [9.17, 15) is 0 Å². The molecule has 1 heterocycles. The highest BCUT2D eigenvalue weighted by atomic mass is 35.5. The lowest BCUT2D eigenvalue weighted by molar-refractivity contribution is 0.198. The van der Waals surface area contributed by atoms with Gasteiger partial charge in [-0.2, -0.15) is 0 Å². The Morgan fingerprint density at radius 2 is 1.95 bits per heavy atom. The molecular formula is C17H27ClN2. The standard InChI is InChI=1S/C17H27ClN2/c1-17(2,3)16-13-20(11-4-10-19-16)12-9-14-5-7-15(18)8-6-14/h5-8,16,19H,4,9-13H2,1-3H3. The van der Waals surface area contributed by atoms with Crippen molar-refractivity contribution in [2.45, 2.75) is 39.7 Å². The van der Waals surface area contributed by atoms with Crippen molar-refractivity contribution in [1.82, 2.24) is 10.2 Å². The lowest BCUT2D eigenvalue weighted by atomic mass is 9.86. The second-order valence-electron chi connectivity index (χ2n) is 6.90. The fourth-order valence-corrected chi connectivity index (χ4v) is 2.84. The Kier molecular flexibility index (Phi) is 5.48. The van der Waals surface area contributed by atoms with E-state index >= 15 is 0 Å². The van der Waals surface area contributed by atoms with E-state index in [0.717, 1.165) is 31.1 Å². The highest BCUT2D eigenvalue weighted by molar-refractivity contribution is 6.30. The van der Waals surface area contributed by atoms with Crippen molar-refractivity contribution < 1.29 is 0 Å². The van der Waals surface area contributed by atoms with Gasteiger partial charge < -0.3 is 10.2 Å². The summed E-state index contributed by atoms with van der Waals surface area (Å²) in [6.07, 6.45) is 2.35. The average molecular weight is 295 g/mol. The molecular weight excluding hydrogens is 268 g/mol. The third-order valence-electron chi connectivity index (χ3n) is 4.16. The van der Waals surface area contributed by atoms with E-state index in [2.05, 4.69) is 43.1 Å². The Bertz CT molecular complexity index is 408. The van der Waals surface area contributed by atoms with Crippen molar-refractivity contribution >= 4 is 11.6 Å². The van der Waals surface area contributed by atoms with Crippen LogP contribution in [-0.2, 0) is 6.42 Å². The summed E-state index contributed by atoms with van der Waals surface area (Å²) in [5.74, 6) is 0. The molecule has 2 nitrogen and oxygen atoms in total. The van der Waals surface area contributed by atoms with E-state index in [1.165, 1.54) is 18.5 Å². The minimum absolute atomic E-state index is 0.322. The summed E-state index contributed by atoms with van der Waals surface area (Å²) in [6.45, 7) is 11.6. The fourth-order valence-electron chi connectivity index (χ4n) is 2.71. The fraction of sp³-hybridized carbons (Fsp3) is 0.647. The molecule has 1 aliphatic rings. The van der Waals surface area contributed by atoms with Crippen LogP contribution in [0, 0.1) is 5.41 Å². The number of nitrogens with zero attached hydrogens (tertiary/aromatic N) is 1. The second-order valence-corrected chi connectivity index (χ2v) is 7.34. The Hall–Kier alpha value is -0.570. The smallest absolute Gasteiger partial charge is 0.0406 e. The molecule has 2 rings (SSSR count). The van der Waals surface area contributed by atoms with Gasteiger partial charge in [0.15, 0.2) is 0 Å². The molecule has 0 saturated carbocycles. The van der Waals surface area contributed by atoms with E-state index in [1.807, 2.05) is 12.1 Å². The topological polar surface area (TPSA) is 15.3 Å². The van der Waals surface area contributed by atoms with E-state index in [-0.39, 0.29) is 0 Å². The minimum atomic E-state index is 0.322. The van der Waals surface area contributed by atoms with Crippen molar-refractivity contribution in [3.05, 3.63) is 34.9 Å². The van der Waals surface area contributed by atoms with Crippen molar-refractivity contribution in [3.63, 3.8) is 0 Å². The van der Waals surface area contributed by atoms with Crippen LogP contribution in [0.5, 0.6) is 0 Å². The lowest BCUT2D eigenvalue weighted by Crippen LogP contribution is -2.46. The molecule has 0 radical (unpaired) electrons. The highest BCUT2D eigenvalue weighted by Crippen LogP contribution is 2.21. The first-order chi connectivity index (χ1) is 9.45. The van der Waals surface area contributed by atoms with Gasteiger partial charge in [-0.1, -0.05) is 44.5 Å². The van der Waals surface area contributed by atoms with E-state index in [1.54, 1.807) is 0 Å². The van der Waals surface area contributed by atoms with Crippen molar-refractivity contribution in [3.8, 4) is 0 Å². The molecule has 3 heteroatoms. The first-order valence-corrected chi connectivity index (χ1v) is 8.03. The van der Waals surface area contributed by atoms with Crippen molar-refractivity contribution in [1.29, 1.82) is 0 Å². The van der Waals surface area contributed by atoms with Crippen LogP contribution in [0.15, 0.2) is 24.3 Å². The molecule has 1 aromatic rings. The molecule has 1 fully saturated rings. The molecule has 1 N–H and O–H groups in total. The summed E-state index contributed by atoms with van der Waals surface area (Å²) in [6, 6.07) is 8.83. The molecule has 1 saturated heterocycles. The van der Waals surface area contributed by atoms with Crippen molar-refractivity contribution in [2.75, 3.05) is 26.2 Å². The zero-order chi connectivity index (χ0) is 14.6. The molecule has 0 bridgehead atoms. The maximum atomic E-state index is 5.93. The molecule has 112 valence electrons. The van der Waals surface area contributed by atoms with Crippen LogP contribution in [0.2, 0.25) is 5.02 Å². The summed E-state index contributed by atoms with van der Waals surface area (Å²) in [4.78, 5) is 2.60. The maximum absolute atomic E-state index is 5.93. The van der Waals surface area contributed by atoms with Gasteiger partial charge in [0.1, 0.15) is 0 Å². The Morgan fingerprint density at radius 1 is 1.25 bits per heavy atom. The van der Waals surface area contributed by atoms with Gasteiger partial charge in [-0.15, -0.1) is 0 Å². The van der Waals surface area contributed by atoms with Crippen LogP contribution in [-0.4, -0.2) is 37.1 Å². The summed E-state index contributed by atoms with van der Waals surface area (Å²) in [5, 5.41) is 4.52. The Labute approximate surface area is 128 Å². The average Bonchev–Trinajstić information content (AvgIpc) is 2.63. The van der Waals surface area contributed by atoms with Gasteiger partial charge in [-0.25, -0.2) is 0 Å². The third kappa shape index (κ3) is 4.76. The molecule has 1 atom stereocenters. The zero-order valence-electron chi connectivity index (χ0n) is 13.0. The van der Waals surface area contributed by atoms with Gasteiger partial charge in [-0.05, 0) is 49.0 Å². The van der Waals surface area contributed by atoms with Gasteiger partial charge in [0, 0.05) is 24.2 Å². The number of benzene rings is 1. The monoisotopic (exact) mass is 294 g/mol. The highest BCUT2D eigenvalue weighted by Gasteiger charge is 2.27. The van der Waals surface area contributed by atoms with Gasteiger partial charge >= 0.3 is 0 Å². The first-order valence-electron chi connectivity index (χ1n) is 7.65. The van der Waals surface area contributed by atoms with Crippen molar-refractivity contribution in [2.24, 2.45) is 5.41 Å². The molecule has 1 unspecified atom stereocenters. The quantitative estimate of drug-likeness (QED) is 0.916. The van der Waals surface area contributed by atoms with Crippen LogP contribution in [0.25, 0.3) is 0 Å². The Balaban J connectivity index is 1.89. The molecule has 20 heavy (non-hydrogen) atoms. The number of rotatable bonds is 3. The maximum Gasteiger partial charge on any atom is 0.0406 e. The summed E-state index contributed by atoms with van der Waals surface area (Å²) >= 11 is 5.93. The van der Waals surface area contributed by atoms with E-state index in [4.69, 9.17) is 11.6 Å². The van der Waals surface area contributed by atoms with Gasteiger partial charge in [-0.3, -0.25) is 0 Å². The number of hydrogen-bond donors (Lipinski definition) is 1. The lowest BCUT2D eigenvalue weighted by Gasteiger charge is -2.33. The third-order valence-corrected chi connectivity index (χ3v) is 4.41. The van der Waals surface area contributed by atoms with Gasteiger partial charge in [0.2, 0.25) is 0 Å². The molecule has 1 aromatic carbocycles.